The number of carbonyl (C=O) groups is 2. The Morgan fingerprint density at radius 1 is 1.17 bits per heavy atom. The highest BCUT2D eigenvalue weighted by molar-refractivity contribution is 7.14. The summed E-state index contributed by atoms with van der Waals surface area (Å²) in [7, 11) is 0. The van der Waals surface area contributed by atoms with Gasteiger partial charge in [-0.2, -0.15) is 0 Å². The first-order valence-electron chi connectivity index (χ1n) is 9.07. The van der Waals surface area contributed by atoms with E-state index in [0.29, 0.717) is 10.8 Å². The van der Waals surface area contributed by atoms with Crippen molar-refractivity contribution in [2.75, 3.05) is 4.90 Å². The van der Waals surface area contributed by atoms with Crippen molar-refractivity contribution in [3.05, 3.63) is 68.4 Å². The third kappa shape index (κ3) is 5.40. The number of aromatic nitrogens is 1. The van der Waals surface area contributed by atoms with Crippen LogP contribution in [0.2, 0.25) is 0 Å². The van der Waals surface area contributed by atoms with Gasteiger partial charge in [-0.05, 0) is 50.6 Å². The van der Waals surface area contributed by atoms with Crippen LogP contribution < -0.4 is 4.90 Å². The zero-order chi connectivity index (χ0) is 21.0. The number of hydrogen-bond donors (Lipinski definition) is 0. The van der Waals surface area contributed by atoms with Crippen molar-refractivity contribution in [3.63, 3.8) is 0 Å². The number of ether oxygens (including phenoxy) is 1. The Morgan fingerprint density at radius 3 is 2.62 bits per heavy atom. The number of amides is 1. The van der Waals surface area contributed by atoms with Crippen LogP contribution in [0.4, 0.5) is 10.8 Å². The molecule has 1 amide bonds. The van der Waals surface area contributed by atoms with Crippen LogP contribution in [0.25, 0.3) is 6.08 Å². The highest BCUT2D eigenvalue weighted by Gasteiger charge is 2.20. The van der Waals surface area contributed by atoms with Gasteiger partial charge in [0.1, 0.15) is 6.61 Å². The van der Waals surface area contributed by atoms with E-state index >= 15 is 0 Å². The molecule has 29 heavy (non-hydrogen) atoms. The van der Waals surface area contributed by atoms with Gasteiger partial charge in [0.05, 0.1) is 11.4 Å². The molecule has 5 nitrogen and oxygen atoms in total. The van der Waals surface area contributed by atoms with Crippen LogP contribution in [0.15, 0.2) is 41.8 Å². The number of rotatable bonds is 6. The Labute approximate surface area is 178 Å². The number of nitrogens with zero attached hydrogens (tertiary/aromatic N) is 2. The lowest BCUT2D eigenvalue weighted by Crippen LogP contribution is -2.23. The molecule has 7 heteroatoms. The Hall–Kier alpha value is -2.77. The van der Waals surface area contributed by atoms with E-state index in [-0.39, 0.29) is 12.5 Å². The quantitative estimate of drug-likeness (QED) is 0.382. The van der Waals surface area contributed by atoms with Crippen LogP contribution in [0.5, 0.6) is 0 Å². The monoisotopic (exact) mass is 426 g/mol. The number of thiophene rings is 1. The highest BCUT2D eigenvalue weighted by atomic mass is 32.1. The molecule has 0 aliphatic heterocycles. The van der Waals surface area contributed by atoms with Gasteiger partial charge in [0.25, 0.3) is 0 Å². The lowest BCUT2D eigenvalue weighted by Gasteiger charge is -2.20. The molecule has 0 saturated heterocycles. The molecule has 0 unspecified atom stereocenters. The van der Waals surface area contributed by atoms with Gasteiger partial charge in [-0.1, -0.05) is 17.7 Å². The first-order valence-corrected chi connectivity index (χ1v) is 10.8. The maximum Gasteiger partial charge on any atom is 0.331 e. The van der Waals surface area contributed by atoms with Crippen molar-refractivity contribution in [1.82, 2.24) is 4.98 Å². The van der Waals surface area contributed by atoms with Gasteiger partial charge in [-0.3, -0.25) is 9.69 Å². The smallest absolute Gasteiger partial charge is 0.331 e. The molecule has 0 radical (unpaired) electrons. The number of esters is 1. The van der Waals surface area contributed by atoms with Crippen molar-refractivity contribution in [3.8, 4) is 0 Å². The number of hydrogen-bond acceptors (Lipinski definition) is 6. The summed E-state index contributed by atoms with van der Waals surface area (Å²) in [5, 5.41) is 2.36. The molecular formula is C22H22N2O3S2. The summed E-state index contributed by atoms with van der Waals surface area (Å²) in [6.07, 6.45) is 3.15. The van der Waals surface area contributed by atoms with Crippen molar-refractivity contribution in [2.45, 2.75) is 34.3 Å². The summed E-state index contributed by atoms with van der Waals surface area (Å²) in [6, 6.07) is 9.88. The van der Waals surface area contributed by atoms with Gasteiger partial charge in [0, 0.05) is 28.1 Å². The number of aryl methyl sites for hydroxylation is 3. The minimum Gasteiger partial charge on any atom is -0.456 e. The Balaban J connectivity index is 1.67. The predicted octanol–water partition coefficient (Wildman–Crippen LogP) is 5.57. The summed E-state index contributed by atoms with van der Waals surface area (Å²) < 4.78 is 5.27. The normalized spacial score (nSPS) is 11.0. The first kappa shape index (κ1) is 21.0. The fourth-order valence-corrected chi connectivity index (χ4v) is 4.46. The molecule has 0 bridgehead atoms. The van der Waals surface area contributed by atoms with Gasteiger partial charge in [-0.15, -0.1) is 22.7 Å². The standard InChI is InChI=1S/C22H22N2O3S2/c1-14-5-9-20(15(2)11-14)24(17(4)25)22-23-18(13-28-22)12-27-21(26)10-8-19-7-6-16(3)29-19/h5-11,13H,12H2,1-4H3. The lowest BCUT2D eigenvalue weighted by molar-refractivity contribution is -0.139. The van der Waals surface area contributed by atoms with Crippen molar-refractivity contribution in [2.24, 2.45) is 0 Å². The maximum absolute atomic E-state index is 12.3. The Kier molecular flexibility index (Phi) is 6.61. The Bertz CT molecular complexity index is 1070. The molecule has 1 aromatic carbocycles. The number of benzene rings is 1. The van der Waals surface area contributed by atoms with Crippen LogP contribution in [-0.4, -0.2) is 16.9 Å². The zero-order valence-electron chi connectivity index (χ0n) is 16.8. The first-order chi connectivity index (χ1) is 13.8. The molecule has 0 atom stereocenters. The zero-order valence-corrected chi connectivity index (χ0v) is 18.4. The van der Waals surface area contributed by atoms with Crippen LogP contribution in [0.3, 0.4) is 0 Å². The van der Waals surface area contributed by atoms with E-state index in [9.17, 15) is 9.59 Å². The van der Waals surface area contributed by atoms with E-state index in [0.717, 1.165) is 21.7 Å². The van der Waals surface area contributed by atoms with E-state index in [1.165, 1.54) is 29.2 Å². The highest BCUT2D eigenvalue weighted by Crippen LogP contribution is 2.31. The fourth-order valence-electron chi connectivity index (χ4n) is 2.82. The fraction of sp³-hybridized carbons (Fsp3) is 0.227. The summed E-state index contributed by atoms with van der Waals surface area (Å²) >= 11 is 2.96. The van der Waals surface area contributed by atoms with Crippen LogP contribution in [0, 0.1) is 20.8 Å². The second-order valence-corrected chi connectivity index (χ2v) is 8.81. The van der Waals surface area contributed by atoms with E-state index in [2.05, 4.69) is 4.98 Å². The van der Waals surface area contributed by atoms with Crippen molar-refractivity contribution >= 4 is 51.4 Å². The third-order valence-corrected chi connectivity index (χ3v) is 5.99. The SMILES string of the molecule is CC(=O)N(c1nc(COC(=O)C=Cc2ccc(C)s2)cs1)c1ccc(C)cc1C. The topological polar surface area (TPSA) is 59.5 Å². The molecule has 0 aliphatic rings. The molecule has 2 aromatic heterocycles. The van der Waals surface area contributed by atoms with Crippen LogP contribution in [-0.2, 0) is 20.9 Å². The summed E-state index contributed by atoms with van der Waals surface area (Å²) in [5.41, 5.74) is 3.54. The molecule has 3 aromatic rings. The molecule has 3 rings (SSSR count). The molecule has 0 aliphatic carbocycles. The second kappa shape index (κ2) is 9.15. The molecule has 0 spiro atoms. The maximum atomic E-state index is 12.3. The molecule has 150 valence electrons. The minimum absolute atomic E-state index is 0.0573. The van der Waals surface area contributed by atoms with E-state index in [4.69, 9.17) is 4.74 Å². The summed E-state index contributed by atoms with van der Waals surface area (Å²) in [5.74, 6) is -0.549. The van der Waals surface area contributed by atoms with Gasteiger partial charge in [0.15, 0.2) is 5.13 Å². The minimum atomic E-state index is -0.427. The molecule has 0 fully saturated rings. The summed E-state index contributed by atoms with van der Waals surface area (Å²) in [4.78, 5) is 32.5. The predicted molar refractivity (Wildman–Crippen MR) is 119 cm³/mol. The molecule has 0 saturated carbocycles. The Morgan fingerprint density at radius 2 is 1.97 bits per heavy atom. The van der Waals surface area contributed by atoms with Crippen molar-refractivity contribution in [1.29, 1.82) is 0 Å². The number of anilines is 2. The van der Waals surface area contributed by atoms with Crippen LogP contribution >= 0.6 is 22.7 Å². The average molecular weight is 427 g/mol. The van der Waals surface area contributed by atoms with E-state index < -0.39 is 5.97 Å². The van der Waals surface area contributed by atoms with Gasteiger partial charge in [-0.25, -0.2) is 9.78 Å². The lowest BCUT2D eigenvalue weighted by atomic mass is 10.1. The third-order valence-electron chi connectivity index (χ3n) is 4.15. The van der Waals surface area contributed by atoms with Gasteiger partial charge >= 0.3 is 5.97 Å². The molecule has 2 heterocycles. The molecular weight excluding hydrogens is 404 g/mol. The largest absolute Gasteiger partial charge is 0.456 e. The number of carbonyl (C=O) groups excluding carboxylic acids is 2. The second-order valence-electron chi connectivity index (χ2n) is 6.66. The summed E-state index contributed by atoms with van der Waals surface area (Å²) in [6.45, 7) is 7.57. The van der Waals surface area contributed by atoms with Crippen LogP contribution in [0.1, 0.15) is 33.5 Å². The average Bonchev–Trinajstić information content (AvgIpc) is 3.29. The van der Waals surface area contributed by atoms with Gasteiger partial charge < -0.3 is 4.74 Å². The van der Waals surface area contributed by atoms with Gasteiger partial charge in [0.2, 0.25) is 5.91 Å². The van der Waals surface area contributed by atoms with E-state index in [1.54, 1.807) is 27.7 Å². The van der Waals surface area contributed by atoms with E-state index in [1.807, 2.05) is 51.1 Å². The number of thiazole rings is 1. The van der Waals surface area contributed by atoms with Crippen molar-refractivity contribution < 1.29 is 14.3 Å². The molecule has 0 N–H and O–H groups in total.